The van der Waals surface area contributed by atoms with Crippen molar-refractivity contribution in [1.82, 2.24) is 10.6 Å². The van der Waals surface area contributed by atoms with Gasteiger partial charge in [0.25, 0.3) is 0 Å². The Labute approximate surface area is 148 Å². The molecule has 138 valence electrons. The van der Waals surface area contributed by atoms with Crippen molar-refractivity contribution in [1.29, 1.82) is 0 Å². The van der Waals surface area contributed by atoms with Crippen LogP contribution in [0.2, 0.25) is 0 Å². The van der Waals surface area contributed by atoms with Gasteiger partial charge in [0.2, 0.25) is 5.91 Å². The van der Waals surface area contributed by atoms with Gasteiger partial charge in [-0.2, -0.15) is 0 Å². The molecule has 1 fully saturated rings. The SMILES string of the molecule is CC1CCNCC1NC(=O)CCS(=O)(=O)c1ccc2c(c1)OCCO2. The number of hydrogen-bond acceptors (Lipinski definition) is 6. The Kier molecular flexibility index (Phi) is 5.48. The topological polar surface area (TPSA) is 93.7 Å². The summed E-state index contributed by atoms with van der Waals surface area (Å²) < 4.78 is 35.8. The van der Waals surface area contributed by atoms with Gasteiger partial charge in [-0.1, -0.05) is 6.92 Å². The minimum absolute atomic E-state index is 0.0539. The minimum Gasteiger partial charge on any atom is -0.486 e. The van der Waals surface area contributed by atoms with Crippen LogP contribution in [-0.4, -0.2) is 52.4 Å². The van der Waals surface area contributed by atoms with Crippen LogP contribution in [0.1, 0.15) is 19.8 Å². The van der Waals surface area contributed by atoms with Gasteiger partial charge in [0.1, 0.15) is 13.2 Å². The van der Waals surface area contributed by atoms with Crippen molar-refractivity contribution in [2.75, 3.05) is 32.1 Å². The molecule has 7 nitrogen and oxygen atoms in total. The Morgan fingerprint density at radius 2 is 2.04 bits per heavy atom. The number of amides is 1. The van der Waals surface area contributed by atoms with Gasteiger partial charge in [-0.3, -0.25) is 4.79 Å². The summed E-state index contributed by atoms with van der Waals surface area (Å²) in [6, 6.07) is 4.61. The second kappa shape index (κ2) is 7.61. The van der Waals surface area contributed by atoms with E-state index in [-0.39, 0.29) is 29.0 Å². The Balaban J connectivity index is 1.59. The minimum atomic E-state index is -3.56. The fraction of sp³-hybridized carbons (Fsp3) is 0.588. The number of ether oxygens (including phenoxy) is 2. The van der Waals surface area contributed by atoms with Crippen molar-refractivity contribution < 1.29 is 22.7 Å². The van der Waals surface area contributed by atoms with Crippen LogP contribution in [0.15, 0.2) is 23.1 Å². The molecule has 0 aliphatic carbocycles. The Bertz CT molecular complexity index is 735. The third-order valence-corrected chi connectivity index (χ3v) is 6.36. The molecule has 8 heteroatoms. The second-order valence-corrected chi connectivity index (χ2v) is 8.63. The van der Waals surface area contributed by atoms with E-state index in [9.17, 15) is 13.2 Å². The lowest BCUT2D eigenvalue weighted by atomic mass is 9.95. The third kappa shape index (κ3) is 4.43. The summed E-state index contributed by atoms with van der Waals surface area (Å²) in [7, 11) is -3.56. The van der Waals surface area contributed by atoms with Crippen molar-refractivity contribution >= 4 is 15.7 Å². The Morgan fingerprint density at radius 3 is 2.80 bits per heavy atom. The van der Waals surface area contributed by atoms with Crippen molar-refractivity contribution in [3.8, 4) is 11.5 Å². The van der Waals surface area contributed by atoms with Gasteiger partial charge in [0.05, 0.1) is 10.6 Å². The van der Waals surface area contributed by atoms with Crippen LogP contribution in [0, 0.1) is 5.92 Å². The van der Waals surface area contributed by atoms with Crippen LogP contribution in [0.25, 0.3) is 0 Å². The van der Waals surface area contributed by atoms with E-state index in [4.69, 9.17) is 9.47 Å². The summed E-state index contributed by atoms with van der Waals surface area (Å²) in [5.41, 5.74) is 0. The van der Waals surface area contributed by atoms with E-state index in [2.05, 4.69) is 17.6 Å². The van der Waals surface area contributed by atoms with Gasteiger partial charge >= 0.3 is 0 Å². The number of sulfone groups is 1. The van der Waals surface area contributed by atoms with Crippen LogP contribution in [0.3, 0.4) is 0 Å². The average Bonchev–Trinajstić information content (AvgIpc) is 2.62. The molecular weight excluding hydrogens is 344 g/mol. The number of benzene rings is 1. The molecule has 1 aromatic rings. The highest BCUT2D eigenvalue weighted by molar-refractivity contribution is 7.91. The summed E-state index contributed by atoms with van der Waals surface area (Å²) in [5, 5.41) is 6.17. The van der Waals surface area contributed by atoms with Gasteiger partial charge in [-0.05, 0) is 31.0 Å². The van der Waals surface area contributed by atoms with Crippen molar-refractivity contribution in [2.24, 2.45) is 5.92 Å². The number of carbonyl (C=O) groups is 1. The number of hydrogen-bond donors (Lipinski definition) is 2. The normalized spacial score (nSPS) is 23.1. The second-order valence-electron chi connectivity index (χ2n) is 6.52. The lowest BCUT2D eigenvalue weighted by Crippen LogP contribution is -2.50. The molecule has 2 heterocycles. The van der Waals surface area contributed by atoms with Crippen molar-refractivity contribution in [2.45, 2.75) is 30.7 Å². The van der Waals surface area contributed by atoms with E-state index >= 15 is 0 Å². The standard InChI is InChI=1S/C17H24N2O5S/c1-12-4-6-18-11-14(12)19-17(20)5-9-25(21,22)13-2-3-15-16(10-13)24-8-7-23-15/h2-3,10,12,14,18H,4-9,11H2,1H3,(H,19,20). The zero-order valence-electron chi connectivity index (χ0n) is 14.3. The first-order chi connectivity index (χ1) is 12.0. The first-order valence-electron chi connectivity index (χ1n) is 8.58. The molecule has 0 bridgehead atoms. The van der Waals surface area contributed by atoms with Crippen LogP contribution in [0.5, 0.6) is 11.5 Å². The quantitative estimate of drug-likeness (QED) is 0.796. The molecule has 0 saturated carbocycles. The molecule has 2 N–H and O–H groups in total. The van der Waals surface area contributed by atoms with Gasteiger partial charge in [0, 0.05) is 25.1 Å². The maximum Gasteiger partial charge on any atom is 0.221 e. The first kappa shape index (κ1) is 18.0. The molecule has 2 atom stereocenters. The van der Waals surface area contributed by atoms with E-state index in [1.807, 2.05) is 0 Å². The number of fused-ring (bicyclic) bond motifs is 1. The molecule has 2 aliphatic heterocycles. The molecule has 1 amide bonds. The predicted molar refractivity (Wildman–Crippen MR) is 92.7 cm³/mol. The molecule has 3 rings (SSSR count). The molecule has 0 radical (unpaired) electrons. The lowest BCUT2D eigenvalue weighted by Gasteiger charge is -2.30. The van der Waals surface area contributed by atoms with E-state index in [1.165, 1.54) is 12.1 Å². The molecule has 1 saturated heterocycles. The van der Waals surface area contributed by atoms with Crippen LogP contribution in [-0.2, 0) is 14.6 Å². The fourth-order valence-corrected chi connectivity index (χ4v) is 4.28. The molecule has 0 spiro atoms. The summed E-state index contributed by atoms with van der Waals surface area (Å²) >= 11 is 0. The fourth-order valence-electron chi connectivity index (χ4n) is 3.02. The number of nitrogens with one attached hydrogen (secondary N) is 2. The zero-order valence-corrected chi connectivity index (χ0v) is 15.1. The number of piperidine rings is 1. The largest absolute Gasteiger partial charge is 0.486 e. The van der Waals surface area contributed by atoms with Crippen LogP contribution < -0.4 is 20.1 Å². The van der Waals surface area contributed by atoms with Crippen LogP contribution >= 0.6 is 0 Å². The number of rotatable bonds is 5. The van der Waals surface area contributed by atoms with E-state index in [0.29, 0.717) is 30.6 Å². The third-order valence-electron chi connectivity index (χ3n) is 4.64. The van der Waals surface area contributed by atoms with Gasteiger partial charge in [-0.15, -0.1) is 0 Å². The molecule has 1 aromatic carbocycles. The van der Waals surface area contributed by atoms with E-state index < -0.39 is 9.84 Å². The van der Waals surface area contributed by atoms with Crippen molar-refractivity contribution in [3.05, 3.63) is 18.2 Å². The van der Waals surface area contributed by atoms with E-state index in [1.54, 1.807) is 6.07 Å². The molecule has 25 heavy (non-hydrogen) atoms. The number of carbonyl (C=O) groups excluding carboxylic acids is 1. The summed E-state index contributed by atoms with van der Waals surface area (Å²) in [6.07, 6.45) is 0.945. The van der Waals surface area contributed by atoms with Gasteiger partial charge in [-0.25, -0.2) is 8.42 Å². The summed E-state index contributed by atoms with van der Waals surface area (Å²) in [5.74, 6) is 0.898. The van der Waals surface area contributed by atoms with Gasteiger partial charge in [0.15, 0.2) is 21.3 Å². The molecule has 0 aromatic heterocycles. The smallest absolute Gasteiger partial charge is 0.221 e. The maximum absolute atomic E-state index is 12.5. The molecule has 2 unspecified atom stereocenters. The Morgan fingerprint density at radius 1 is 1.28 bits per heavy atom. The van der Waals surface area contributed by atoms with Gasteiger partial charge < -0.3 is 20.1 Å². The highest BCUT2D eigenvalue weighted by atomic mass is 32.2. The van der Waals surface area contributed by atoms with E-state index in [0.717, 1.165) is 19.5 Å². The highest BCUT2D eigenvalue weighted by Gasteiger charge is 2.24. The Hall–Kier alpha value is -1.80. The van der Waals surface area contributed by atoms with Crippen LogP contribution in [0.4, 0.5) is 0 Å². The summed E-state index contributed by atoms with van der Waals surface area (Å²) in [6.45, 7) is 4.62. The first-order valence-corrected chi connectivity index (χ1v) is 10.2. The lowest BCUT2D eigenvalue weighted by molar-refractivity contribution is -0.121. The highest BCUT2D eigenvalue weighted by Crippen LogP contribution is 2.32. The maximum atomic E-state index is 12.5. The zero-order chi connectivity index (χ0) is 17.9. The molecule has 2 aliphatic rings. The summed E-state index contributed by atoms with van der Waals surface area (Å²) in [4.78, 5) is 12.3. The van der Waals surface area contributed by atoms with Crippen molar-refractivity contribution in [3.63, 3.8) is 0 Å². The molecular formula is C17H24N2O5S. The predicted octanol–water partition coefficient (Wildman–Crippen LogP) is 0.736. The average molecular weight is 368 g/mol. The monoisotopic (exact) mass is 368 g/mol.